The van der Waals surface area contributed by atoms with Crippen molar-refractivity contribution in [2.45, 2.75) is 0 Å². The van der Waals surface area contributed by atoms with Crippen LogP contribution in [0.25, 0.3) is 10.8 Å². The molecule has 0 atom stereocenters. The third-order valence-corrected chi connectivity index (χ3v) is 6.93. The van der Waals surface area contributed by atoms with E-state index in [0.29, 0.717) is 0 Å². The van der Waals surface area contributed by atoms with E-state index in [1.807, 2.05) is 12.4 Å². The maximum absolute atomic E-state index is 4.13. The molecule has 66 valence electrons. The largest absolute Gasteiger partial charge is 0.264 e. The van der Waals surface area contributed by atoms with Crippen LogP contribution in [0.4, 0.5) is 0 Å². The van der Waals surface area contributed by atoms with Crippen LogP contribution in [-0.4, -0.2) is 4.98 Å². The topological polar surface area (TPSA) is 12.9 Å². The first-order valence-electron chi connectivity index (χ1n) is 3.57. The van der Waals surface area contributed by atoms with Gasteiger partial charge in [0.1, 0.15) is 0 Å². The van der Waals surface area contributed by atoms with E-state index in [4.69, 9.17) is 0 Å². The summed E-state index contributed by atoms with van der Waals surface area (Å²) in [5.41, 5.74) is 0. The molecule has 1 aromatic carbocycles. The van der Waals surface area contributed by atoms with Gasteiger partial charge >= 0.3 is 0 Å². The number of rotatable bonds is 0. The molecule has 0 radical (unpaired) electrons. The van der Waals surface area contributed by atoms with E-state index in [-0.39, 0.29) is 0 Å². The van der Waals surface area contributed by atoms with E-state index in [2.05, 4.69) is 84.9 Å². The molecule has 0 aliphatic carbocycles. The number of hydrogen-bond donors (Lipinski definition) is 0. The number of benzene rings is 1. The molecule has 0 aliphatic rings. The number of halogens is 3. The lowest BCUT2D eigenvalue weighted by atomic mass is 10.2. The van der Waals surface area contributed by atoms with Gasteiger partial charge in [0, 0.05) is 28.5 Å². The van der Waals surface area contributed by atoms with Crippen molar-refractivity contribution in [3.8, 4) is 0 Å². The average molecular weight is 507 g/mol. The van der Waals surface area contributed by atoms with Crippen molar-refractivity contribution in [3.63, 3.8) is 0 Å². The van der Waals surface area contributed by atoms with Gasteiger partial charge in [-0.1, -0.05) is 0 Å². The quantitative estimate of drug-likeness (QED) is 0.388. The number of hydrogen-bond acceptors (Lipinski definition) is 1. The summed E-state index contributed by atoms with van der Waals surface area (Å²) in [4.78, 5) is 4.13. The summed E-state index contributed by atoms with van der Waals surface area (Å²) in [6.45, 7) is 0. The standard InChI is InChI=1S/C9H4I3N/c10-7-3-5-1-2-13-4-6(5)8(11)9(7)12/h1-4H. The number of fused-ring (bicyclic) bond motifs is 1. The smallest absolute Gasteiger partial charge is 0.0404 e. The van der Waals surface area contributed by atoms with Gasteiger partial charge < -0.3 is 0 Å². The van der Waals surface area contributed by atoms with Crippen LogP contribution >= 0.6 is 67.8 Å². The van der Waals surface area contributed by atoms with Crippen LogP contribution in [0.5, 0.6) is 0 Å². The van der Waals surface area contributed by atoms with Gasteiger partial charge in [0.2, 0.25) is 0 Å². The van der Waals surface area contributed by atoms with Gasteiger partial charge in [0.05, 0.1) is 0 Å². The van der Waals surface area contributed by atoms with Crippen molar-refractivity contribution in [1.29, 1.82) is 0 Å². The van der Waals surface area contributed by atoms with Crippen LogP contribution in [0.1, 0.15) is 0 Å². The maximum Gasteiger partial charge on any atom is 0.0404 e. The second-order valence-electron chi connectivity index (χ2n) is 2.58. The second-order valence-corrected chi connectivity index (χ2v) is 5.90. The fourth-order valence-electron chi connectivity index (χ4n) is 1.14. The first-order valence-corrected chi connectivity index (χ1v) is 6.81. The highest BCUT2D eigenvalue weighted by atomic mass is 127. The highest BCUT2D eigenvalue weighted by molar-refractivity contribution is 14.1. The van der Waals surface area contributed by atoms with Gasteiger partial charge in [0.15, 0.2) is 0 Å². The van der Waals surface area contributed by atoms with E-state index < -0.39 is 0 Å². The Balaban J connectivity index is 2.94. The predicted molar refractivity (Wildman–Crippen MR) is 79.9 cm³/mol. The molecular formula is C9H4I3N. The van der Waals surface area contributed by atoms with Crippen LogP contribution in [0, 0.1) is 10.7 Å². The summed E-state index contributed by atoms with van der Waals surface area (Å²) in [7, 11) is 0. The summed E-state index contributed by atoms with van der Waals surface area (Å²) in [5, 5.41) is 2.51. The van der Waals surface area contributed by atoms with Crippen molar-refractivity contribution in [2.75, 3.05) is 0 Å². The molecule has 4 heteroatoms. The monoisotopic (exact) mass is 507 g/mol. The van der Waals surface area contributed by atoms with E-state index in [1.165, 1.54) is 21.5 Å². The molecule has 1 aromatic heterocycles. The van der Waals surface area contributed by atoms with Gasteiger partial charge in [-0.05, 0) is 85.3 Å². The van der Waals surface area contributed by atoms with E-state index in [0.717, 1.165) is 0 Å². The molecule has 0 aliphatic heterocycles. The summed E-state index contributed by atoms with van der Waals surface area (Å²) in [6, 6.07) is 4.25. The molecule has 13 heavy (non-hydrogen) atoms. The van der Waals surface area contributed by atoms with Gasteiger partial charge in [-0.3, -0.25) is 4.98 Å². The van der Waals surface area contributed by atoms with Crippen molar-refractivity contribution in [3.05, 3.63) is 35.2 Å². The van der Waals surface area contributed by atoms with Crippen molar-refractivity contribution < 1.29 is 0 Å². The molecule has 2 aromatic rings. The Labute approximate surface area is 117 Å². The second kappa shape index (κ2) is 4.13. The number of pyridine rings is 1. The maximum atomic E-state index is 4.13. The van der Waals surface area contributed by atoms with Gasteiger partial charge in [-0.2, -0.15) is 0 Å². The minimum atomic E-state index is 1.24. The lowest BCUT2D eigenvalue weighted by Gasteiger charge is -2.04. The predicted octanol–water partition coefficient (Wildman–Crippen LogP) is 4.05. The molecule has 2 rings (SSSR count). The average Bonchev–Trinajstić information content (AvgIpc) is 2.15. The molecule has 0 N–H and O–H groups in total. The fraction of sp³-hybridized carbons (Fsp3) is 0. The Morgan fingerprint density at radius 2 is 1.85 bits per heavy atom. The zero-order valence-electron chi connectivity index (χ0n) is 6.39. The number of aromatic nitrogens is 1. The van der Waals surface area contributed by atoms with Gasteiger partial charge in [0.25, 0.3) is 0 Å². The summed E-state index contributed by atoms with van der Waals surface area (Å²) < 4.78 is 3.92. The van der Waals surface area contributed by atoms with Crippen molar-refractivity contribution >= 4 is 78.5 Å². The van der Waals surface area contributed by atoms with E-state index in [1.54, 1.807) is 0 Å². The molecule has 0 spiro atoms. The lowest BCUT2D eigenvalue weighted by molar-refractivity contribution is 1.36. The minimum absolute atomic E-state index is 1.24. The van der Waals surface area contributed by atoms with Crippen LogP contribution in [-0.2, 0) is 0 Å². The highest BCUT2D eigenvalue weighted by Gasteiger charge is 2.06. The Hall–Kier alpha value is 0.820. The molecule has 0 fully saturated rings. The van der Waals surface area contributed by atoms with Gasteiger partial charge in [-0.15, -0.1) is 0 Å². The summed E-state index contributed by atoms with van der Waals surface area (Å²) in [6.07, 6.45) is 3.76. The summed E-state index contributed by atoms with van der Waals surface area (Å²) in [5.74, 6) is 0. The third kappa shape index (κ3) is 1.94. The Bertz CT molecular complexity index is 468. The van der Waals surface area contributed by atoms with Crippen molar-refractivity contribution in [2.24, 2.45) is 0 Å². The first kappa shape index (κ1) is 10.3. The van der Waals surface area contributed by atoms with E-state index in [9.17, 15) is 0 Å². The Morgan fingerprint density at radius 1 is 1.08 bits per heavy atom. The first-order chi connectivity index (χ1) is 6.20. The third-order valence-electron chi connectivity index (χ3n) is 1.78. The Kier molecular flexibility index (Phi) is 3.29. The normalized spacial score (nSPS) is 10.7. The van der Waals surface area contributed by atoms with Gasteiger partial charge in [-0.25, -0.2) is 0 Å². The molecule has 0 bridgehead atoms. The van der Waals surface area contributed by atoms with Crippen LogP contribution < -0.4 is 0 Å². The number of nitrogens with zero attached hydrogens (tertiary/aromatic N) is 1. The zero-order chi connectivity index (χ0) is 9.42. The molecule has 1 nitrogen and oxygen atoms in total. The van der Waals surface area contributed by atoms with Crippen LogP contribution in [0.15, 0.2) is 24.5 Å². The molecule has 0 saturated heterocycles. The SMILES string of the molecule is Ic1cc2ccncc2c(I)c1I. The molecule has 0 unspecified atom stereocenters. The zero-order valence-corrected chi connectivity index (χ0v) is 12.9. The fourth-order valence-corrected chi connectivity index (χ4v) is 3.45. The van der Waals surface area contributed by atoms with Crippen LogP contribution in [0.2, 0.25) is 0 Å². The highest BCUT2D eigenvalue weighted by Crippen LogP contribution is 2.28. The van der Waals surface area contributed by atoms with Crippen LogP contribution in [0.3, 0.4) is 0 Å². The minimum Gasteiger partial charge on any atom is -0.264 e. The van der Waals surface area contributed by atoms with E-state index >= 15 is 0 Å². The van der Waals surface area contributed by atoms with Crippen molar-refractivity contribution in [1.82, 2.24) is 4.98 Å². The molecule has 0 amide bonds. The summed E-state index contributed by atoms with van der Waals surface area (Å²) >= 11 is 7.12. The molecular weight excluding hydrogens is 503 g/mol. The molecule has 1 heterocycles. The Morgan fingerprint density at radius 3 is 2.62 bits per heavy atom. The molecule has 0 saturated carbocycles. The lowest BCUT2D eigenvalue weighted by Crippen LogP contribution is -1.88.